The van der Waals surface area contributed by atoms with Gasteiger partial charge in [0, 0.05) is 32.2 Å². The smallest absolute Gasteiger partial charge is 0.321 e. The fourth-order valence-corrected chi connectivity index (χ4v) is 2.08. The van der Waals surface area contributed by atoms with E-state index in [1.807, 2.05) is 20.8 Å². The van der Waals surface area contributed by atoms with Crippen molar-refractivity contribution in [1.29, 1.82) is 0 Å². The normalized spacial score (nSPS) is 19.7. The first-order valence-electron chi connectivity index (χ1n) is 7.01. The number of likely N-dealkylation sites (N-methyl/N-ethyl adjacent to an activating group) is 1. The number of piperazine rings is 1. The van der Waals surface area contributed by atoms with Crippen LogP contribution in [0, 0.1) is 0 Å². The number of hydrogen-bond donors (Lipinski definition) is 4. The van der Waals surface area contributed by atoms with Gasteiger partial charge >= 0.3 is 6.03 Å². The Morgan fingerprint density at radius 1 is 1.29 bits per heavy atom. The Morgan fingerprint density at radius 2 is 1.95 bits per heavy atom. The number of urea groups is 1. The molecule has 0 spiro atoms. The maximum Gasteiger partial charge on any atom is 0.321 e. The summed E-state index contributed by atoms with van der Waals surface area (Å²) in [5.74, 6) is -0.568. The highest BCUT2D eigenvalue weighted by Crippen LogP contribution is 2.03. The molecular weight excluding hydrogens is 274 g/mol. The predicted molar refractivity (Wildman–Crippen MR) is 78.7 cm³/mol. The molecule has 0 aromatic carbocycles. The first-order valence-corrected chi connectivity index (χ1v) is 7.01. The zero-order valence-electron chi connectivity index (χ0n) is 13.1. The van der Waals surface area contributed by atoms with Crippen molar-refractivity contribution < 1.29 is 14.4 Å². The SMILES string of the molecule is CNC(=O)C1CNCCN1CC(=O)NC(=O)NC(C)(C)C. The first-order chi connectivity index (χ1) is 9.73. The topological polar surface area (TPSA) is 103 Å². The van der Waals surface area contributed by atoms with E-state index in [1.165, 1.54) is 0 Å². The second-order valence-corrected chi connectivity index (χ2v) is 6.06. The van der Waals surface area contributed by atoms with Gasteiger partial charge in [-0.25, -0.2) is 4.79 Å². The van der Waals surface area contributed by atoms with E-state index < -0.39 is 23.5 Å². The maximum atomic E-state index is 11.9. The molecule has 0 bridgehead atoms. The van der Waals surface area contributed by atoms with Crippen molar-refractivity contribution in [3.63, 3.8) is 0 Å². The highest BCUT2D eigenvalue weighted by atomic mass is 16.2. The Morgan fingerprint density at radius 3 is 2.52 bits per heavy atom. The van der Waals surface area contributed by atoms with Crippen LogP contribution < -0.4 is 21.3 Å². The summed E-state index contributed by atoms with van der Waals surface area (Å²) in [6, 6.07) is -0.931. The van der Waals surface area contributed by atoms with Crippen molar-refractivity contribution in [2.45, 2.75) is 32.4 Å². The van der Waals surface area contributed by atoms with Gasteiger partial charge in [0.15, 0.2) is 0 Å². The van der Waals surface area contributed by atoms with Gasteiger partial charge in [-0.05, 0) is 20.8 Å². The van der Waals surface area contributed by atoms with Crippen molar-refractivity contribution in [2.75, 3.05) is 33.2 Å². The summed E-state index contributed by atoms with van der Waals surface area (Å²) in [6.45, 7) is 7.26. The summed E-state index contributed by atoms with van der Waals surface area (Å²) in [5.41, 5.74) is -0.413. The summed E-state index contributed by atoms with van der Waals surface area (Å²) < 4.78 is 0. The minimum absolute atomic E-state index is 0.0112. The van der Waals surface area contributed by atoms with Gasteiger partial charge in [-0.2, -0.15) is 0 Å². The average Bonchev–Trinajstić information content (AvgIpc) is 2.35. The molecule has 1 aliphatic heterocycles. The van der Waals surface area contributed by atoms with Gasteiger partial charge in [0.25, 0.3) is 0 Å². The lowest BCUT2D eigenvalue weighted by atomic mass is 10.1. The lowest BCUT2D eigenvalue weighted by Crippen LogP contribution is -2.60. The molecule has 4 amide bonds. The third kappa shape index (κ3) is 6.09. The van der Waals surface area contributed by atoms with Crippen LogP contribution in [0.15, 0.2) is 0 Å². The summed E-state index contributed by atoms with van der Waals surface area (Å²) >= 11 is 0. The summed E-state index contributed by atoms with van der Waals surface area (Å²) in [7, 11) is 1.56. The molecule has 0 aromatic heterocycles. The number of hydrogen-bond acceptors (Lipinski definition) is 5. The van der Waals surface area contributed by atoms with E-state index in [1.54, 1.807) is 11.9 Å². The van der Waals surface area contributed by atoms with Gasteiger partial charge in [-0.3, -0.25) is 19.8 Å². The first kappa shape index (κ1) is 17.4. The van der Waals surface area contributed by atoms with E-state index in [4.69, 9.17) is 0 Å². The lowest BCUT2D eigenvalue weighted by Gasteiger charge is -2.34. The van der Waals surface area contributed by atoms with Gasteiger partial charge in [-0.1, -0.05) is 0 Å². The Kier molecular flexibility index (Phi) is 6.10. The molecule has 1 atom stereocenters. The molecule has 0 saturated carbocycles. The molecule has 21 heavy (non-hydrogen) atoms. The highest BCUT2D eigenvalue weighted by molar-refractivity contribution is 5.95. The number of amides is 4. The second-order valence-electron chi connectivity index (χ2n) is 6.06. The predicted octanol–water partition coefficient (Wildman–Crippen LogP) is -1.37. The molecule has 120 valence electrons. The number of carbonyl (C=O) groups excluding carboxylic acids is 3. The maximum absolute atomic E-state index is 11.9. The van der Waals surface area contributed by atoms with E-state index in [0.29, 0.717) is 19.6 Å². The summed E-state index contributed by atoms with van der Waals surface area (Å²) in [5, 5.41) is 10.6. The Hall–Kier alpha value is -1.67. The molecule has 1 saturated heterocycles. The quantitative estimate of drug-likeness (QED) is 0.515. The van der Waals surface area contributed by atoms with E-state index in [-0.39, 0.29) is 12.5 Å². The van der Waals surface area contributed by atoms with Crippen molar-refractivity contribution in [2.24, 2.45) is 0 Å². The van der Waals surface area contributed by atoms with E-state index in [9.17, 15) is 14.4 Å². The number of imide groups is 1. The molecule has 1 fully saturated rings. The zero-order valence-corrected chi connectivity index (χ0v) is 13.1. The van der Waals surface area contributed by atoms with Gasteiger partial charge in [0.1, 0.15) is 6.04 Å². The average molecular weight is 299 g/mol. The molecule has 8 nitrogen and oxygen atoms in total. The third-order valence-corrected chi connectivity index (χ3v) is 2.99. The molecule has 0 radical (unpaired) electrons. The van der Waals surface area contributed by atoms with Crippen LogP contribution in [0.3, 0.4) is 0 Å². The van der Waals surface area contributed by atoms with Gasteiger partial charge in [0.05, 0.1) is 6.54 Å². The van der Waals surface area contributed by atoms with Crippen LogP contribution in [0.4, 0.5) is 4.79 Å². The van der Waals surface area contributed by atoms with Crippen LogP contribution >= 0.6 is 0 Å². The fraction of sp³-hybridized carbons (Fsp3) is 0.769. The molecule has 0 aromatic rings. The van der Waals surface area contributed by atoms with Crippen LogP contribution in [-0.4, -0.2) is 67.6 Å². The van der Waals surface area contributed by atoms with E-state index in [0.717, 1.165) is 0 Å². The Labute approximate surface area is 125 Å². The molecule has 1 rings (SSSR count). The van der Waals surface area contributed by atoms with Crippen LogP contribution in [0.1, 0.15) is 20.8 Å². The van der Waals surface area contributed by atoms with Crippen LogP contribution in [0.5, 0.6) is 0 Å². The van der Waals surface area contributed by atoms with Gasteiger partial charge in [0.2, 0.25) is 11.8 Å². The fourth-order valence-electron chi connectivity index (χ4n) is 2.08. The Balaban J connectivity index is 2.52. The second kappa shape index (κ2) is 7.37. The van der Waals surface area contributed by atoms with E-state index >= 15 is 0 Å². The highest BCUT2D eigenvalue weighted by Gasteiger charge is 2.29. The monoisotopic (exact) mass is 299 g/mol. The Bertz CT molecular complexity index is 405. The zero-order chi connectivity index (χ0) is 16.0. The van der Waals surface area contributed by atoms with Crippen molar-refractivity contribution >= 4 is 17.8 Å². The minimum Gasteiger partial charge on any atom is -0.358 e. The molecule has 1 aliphatic rings. The number of nitrogens with zero attached hydrogens (tertiary/aromatic N) is 1. The summed E-state index contributed by atoms with van der Waals surface area (Å²) in [6.07, 6.45) is 0. The van der Waals surface area contributed by atoms with Crippen LogP contribution in [0.25, 0.3) is 0 Å². The molecule has 1 unspecified atom stereocenters. The van der Waals surface area contributed by atoms with E-state index in [2.05, 4.69) is 21.3 Å². The van der Waals surface area contributed by atoms with Crippen LogP contribution in [-0.2, 0) is 9.59 Å². The molecule has 8 heteroatoms. The van der Waals surface area contributed by atoms with Crippen molar-refractivity contribution in [3.8, 4) is 0 Å². The number of carbonyl (C=O) groups is 3. The molecule has 4 N–H and O–H groups in total. The van der Waals surface area contributed by atoms with Gasteiger partial charge < -0.3 is 16.0 Å². The largest absolute Gasteiger partial charge is 0.358 e. The number of nitrogens with one attached hydrogen (secondary N) is 4. The third-order valence-electron chi connectivity index (χ3n) is 2.99. The summed E-state index contributed by atoms with van der Waals surface area (Å²) in [4.78, 5) is 37.1. The molecule has 1 heterocycles. The van der Waals surface area contributed by atoms with Gasteiger partial charge in [-0.15, -0.1) is 0 Å². The molecular formula is C13H25N5O3. The molecule has 0 aliphatic carbocycles. The minimum atomic E-state index is -0.529. The number of rotatable bonds is 3. The lowest BCUT2D eigenvalue weighted by molar-refractivity contribution is -0.128. The standard InChI is InChI=1S/C13H25N5O3/c1-13(2,3)17-12(21)16-10(19)8-18-6-5-15-7-9(18)11(20)14-4/h9,15H,5-8H2,1-4H3,(H,14,20)(H2,16,17,19,21). The van der Waals surface area contributed by atoms with Crippen LogP contribution in [0.2, 0.25) is 0 Å². The van der Waals surface area contributed by atoms with Crippen molar-refractivity contribution in [3.05, 3.63) is 0 Å². The van der Waals surface area contributed by atoms with Crippen molar-refractivity contribution in [1.82, 2.24) is 26.2 Å².